The van der Waals surface area contributed by atoms with Gasteiger partial charge in [-0.2, -0.15) is 0 Å². The minimum atomic E-state index is 0. The van der Waals surface area contributed by atoms with E-state index >= 15 is 0 Å². The normalized spacial score (nSPS) is 15.3. The van der Waals surface area contributed by atoms with Crippen LogP contribution in [0.2, 0.25) is 0 Å². The van der Waals surface area contributed by atoms with Crippen molar-refractivity contribution in [2.75, 3.05) is 52.5 Å². The lowest BCUT2D eigenvalue weighted by Gasteiger charge is -2.25. The zero-order valence-corrected chi connectivity index (χ0v) is 20.5. The van der Waals surface area contributed by atoms with Crippen molar-refractivity contribution in [1.29, 1.82) is 0 Å². The zero-order valence-electron chi connectivity index (χ0n) is 16.6. The third kappa shape index (κ3) is 7.58. The molecule has 1 fully saturated rings. The van der Waals surface area contributed by atoms with E-state index in [0.29, 0.717) is 0 Å². The van der Waals surface area contributed by atoms with E-state index in [9.17, 15) is 0 Å². The first-order chi connectivity index (χ1) is 13.2. The van der Waals surface area contributed by atoms with Crippen molar-refractivity contribution in [2.45, 2.75) is 20.3 Å². The molecule has 3 heterocycles. The maximum Gasteiger partial charge on any atom is 0.191 e. The minimum absolute atomic E-state index is 0. The third-order valence-electron chi connectivity index (χ3n) is 4.33. The number of thiazole rings is 1. The van der Waals surface area contributed by atoms with Gasteiger partial charge in [0.1, 0.15) is 0 Å². The van der Waals surface area contributed by atoms with Crippen molar-refractivity contribution < 1.29 is 4.74 Å². The number of thiophene rings is 1. The average Bonchev–Trinajstić information content (AvgIpc) is 3.31. The molecular weight excluding hydrogens is 505 g/mol. The molecule has 9 heteroatoms. The van der Waals surface area contributed by atoms with Gasteiger partial charge in [-0.1, -0.05) is 0 Å². The first-order valence-electron chi connectivity index (χ1n) is 9.58. The summed E-state index contributed by atoms with van der Waals surface area (Å²) in [7, 11) is 0. The van der Waals surface area contributed by atoms with Crippen LogP contribution in [0.1, 0.15) is 16.8 Å². The summed E-state index contributed by atoms with van der Waals surface area (Å²) < 4.78 is 5.39. The van der Waals surface area contributed by atoms with Crippen molar-refractivity contribution in [1.82, 2.24) is 20.5 Å². The number of rotatable bonds is 8. The maximum atomic E-state index is 5.39. The molecule has 156 valence electrons. The molecule has 2 aromatic rings. The lowest BCUT2D eigenvalue weighted by Crippen LogP contribution is -2.40. The van der Waals surface area contributed by atoms with Crippen molar-refractivity contribution >= 4 is 52.6 Å². The highest BCUT2D eigenvalue weighted by Gasteiger charge is 2.09. The zero-order chi connectivity index (χ0) is 18.9. The highest BCUT2D eigenvalue weighted by molar-refractivity contribution is 14.0. The van der Waals surface area contributed by atoms with E-state index in [4.69, 9.17) is 9.73 Å². The van der Waals surface area contributed by atoms with Gasteiger partial charge in [-0.3, -0.25) is 9.89 Å². The molecule has 0 spiro atoms. The maximum absolute atomic E-state index is 5.39. The molecule has 0 saturated carbocycles. The number of ether oxygens (including phenoxy) is 1. The summed E-state index contributed by atoms with van der Waals surface area (Å²) in [6.07, 6.45) is 0.988. The van der Waals surface area contributed by atoms with Gasteiger partial charge in [0.15, 0.2) is 5.96 Å². The Kier molecular flexibility index (Phi) is 10.7. The van der Waals surface area contributed by atoms with Gasteiger partial charge in [-0.15, -0.1) is 46.7 Å². The van der Waals surface area contributed by atoms with Crippen molar-refractivity contribution in [3.8, 4) is 10.6 Å². The van der Waals surface area contributed by atoms with E-state index in [0.717, 1.165) is 75.6 Å². The molecule has 28 heavy (non-hydrogen) atoms. The largest absolute Gasteiger partial charge is 0.379 e. The standard InChI is InChI=1S/C19H29N5OS2.HI/c1-3-20-19(22-8-9-24-10-12-25-13-11-24)21-7-6-16-4-5-18(27-16)17-14-26-15(2)23-17;/h4-5,14H,3,6-13H2,1-2H3,(H2,20,21,22);1H. The lowest BCUT2D eigenvalue weighted by molar-refractivity contribution is 0.0394. The van der Waals surface area contributed by atoms with E-state index in [1.807, 2.05) is 18.3 Å². The first-order valence-corrected chi connectivity index (χ1v) is 11.3. The van der Waals surface area contributed by atoms with Crippen LogP contribution in [0.5, 0.6) is 0 Å². The number of nitrogens with one attached hydrogen (secondary N) is 2. The van der Waals surface area contributed by atoms with Crippen LogP contribution in [0.25, 0.3) is 10.6 Å². The van der Waals surface area contributed by atoms with Gasteiger partial charge in [-0.25, -0.2) is 4.98 Å². The van der Waals surface area contributed by atoms with Crippen molar-refractivity contribution in [3.63, 3.8) is 0 Å². The monoisotopic (exact) mass is 535 g/mol. The second kappa shape index (κ2) is 12.7. The number of hydrogen-bond donors (Lipinski definition) is 2. The second-order valence-corrected chi connectivity index (χ2v) is 8.64. The Balaban J connectivity index is 0.00000280. The summed E-state index contributed by atoms with van der Waals surface area (Å²) in [5.74, 6) is 0.901. The number of hydrogen-bond acceptors (Lipinski definition) is 6. The molecule has 0 radical (unpaired) electrons. The summed E-state index contributed by atoms with van der Waals surface area (Å²) in [4.78, 5) is 14.3. The van der Waals surface area contributed by atoms with E-state index < -0.39 is 0 Å². The van der Waals surface area contributed by atoms with Crippen LogP contribution in [0.4, 0.5) is 0 Å². The highest BCUT2D eigenvalue weighted by Crippen LogP contribution is 2.29. The summed E-state index contributed by atoms with van der Waals surface area (Å²) in [5, 5.41) is 10.0. The van der Waals surface area contributed by atoms with Crippen LogP contribution in [0, 0.1) is 6.92 Å². The summed E-state index contributed by atoms with van der Waals surface area (Å²) in [6, 6.07) is 4.38. The smallest absolute Gasteiger partial charge is 0.191 e. The molecule has 1 aliphatic rings. The topological polar surface area (TPSA) is 61.8 Å². The van der Waals surface area contributed by atoms with E-state index in [-0.39, 0.29) is 24.0 Å². The summed E-state index contributed by atoms with van der Waals surface area (Å²) in [5.41, 5.74) is 1.10. The van der Waals surface area contributed by atoms with Gasteiger partial charge in [-0.05, 0) is 32.4 Å². The first kappa shape index (κ1) is 23.5. The van der Waals surface area contributed by atoms with Gasteiger partial charge in [0.05, 0.1) is 35.3 Å². The predicted octanol–water partition coefficient (Wildman–Crippen LogP) is 3.23. The van der Waals surface area contributed by atoms with Crippen LogP contribution < -0.4 is 10.6 Å². The fraction of sp³-hybridized carbons (Fsp3) is 0.579. The number of guanidine groups is 1. The molecule has 0 aromatic carbocycles. The second-order valence-electron chi connectivity index (χ2n) is 6.41. The molecule has 0 unspecified atom stereocenters. The quantitative estimate of drug-likeness (QED) is 0.309. The van der Waals surface area contributed by atoms with E-state index in [1.165, 1.54) is 9.75 Å². The molecule has 0 aliphatic carbocycles. The lowest BCUT2D eigenvalue weighted by atomic mass is 10.3. The molecule has 1 aliphatic heterocycles. The molecule has 1 saturated heterocycles. The van der Waals surface area contributed by atoms with Crippen molar-refractivity contribution in [2.24, 2.45) is 4.99 Å². The number of halogens is 1. The number of morpholine rings is 1. The fourth-order valence-electron chi connectivity index (χ4n) is 2.90. The van der Waals surface area contributed by atoms with Crippen LogP contribution in [0.3, 0.4) is 0 Å². The molecule has 2 aromatic heterocycles. The Morgan fingerprint density at radius 3 is 2.82 bits per heavy atom. The van der Waals surface area contributed by atoms with Crippen LogP contribution in [-0.4, -0.2) is 68.3 Å². The fourth-order valence-corrected chi connectivity index (χ4v) is 4.56. The molecule has 3 rings (SSSR count). The van der Waals surface area contributed by atoms with Gasteiger partial charge in [0.25, 0.3) is 0 Å². The van der Waals surface area contributed by atoms with Gasteiger partial charge < -0.3 is 15.4 Å². The molecular formula is C19H30IN5OS2. The highest BCUT2D eigenvalue weighted by atomic mass is 127. The van der Waals surface area contributed by atoms with Gasteiger partial charge in [0, 0.05) is 43.0 Å². The van der Waals surface area contributed by atoms with E-state index in [2.05, 4.69) is 45.0 Å². The molecule has 6 nitrogen and oxygen atoms in total. The number of aliphatic imine (C=N–C) groups is 1. The number of aromatic nitrogens is 1. The Hall–Kier alpha value is -0.750. The van der Waals surface area contributed by atoms with Gasteiger partial charge >= 0.3 is 0 Å². The number of aryl methyl sites for hydroxylation is 1. The molecule has 2 N–H and O–H groups in total. The van der Waals surface area contributed by atoms with Crippen LogP contribution in [0.15, 0.2) is 22.5 Å². The summed E-state index contributed by atoms with van der Waals surface area (Å²) >= 11 is 3.53. The average molecular weight is 536 g/mol. The molecule has 0 atom stereocenters. The summed E-state index contributed by atoms with van der Waals surface area (Å²) in [6.45, 7) is 11.4. The molecule has 0 amide bonds. The van der Waals surface area contributed by atoms with Crippen LogP contribution >= 0.6 is 46.7 Å². The Morgan fingerprint density at radius 2 is 2.11 bits per heavy atom. The van der Waals surface area contributed by atoms with Gasteiger partial charge in [0.2, 0.25) is 0 Å². The van der Waals surface area contributed by atoms with E-state index in [1.54, 1.807) is 11.3 Å². The predicted molar refractivity (Wildman–Crippen MR) is 131 cm³/mol. The minimum Gasteiger partial charge on any atom is -0.379 e. The Labute approximate surface area is 192 Å². The molecule has 0 bridgehead atoms. The van der Waals surface area contributed by atoms with Crippen LogP contribution in [-0.2, 0) is 11.2 Å². The third-order valence-corrected chi connectivity index (χ3v) is 6.27. The SMILES string of the molecule is CCNC(=NCCN1CCOCC1)NCCc1ccc(-c2csc(C)n2)s1.I. The van der Waals surface area contributed by atoms with Crippen molar-refractivity contribution in [3.05, 3.63) is 27.4 Å². The number of nitrogens with zero attached hydrogens (tertiary/aromatic N) is 3. The Bertz CT molecular complexity index is 727. The Morgan fingerprint density at radius 1 is 1.29 bits per heavy atom.